The Balaban J connectivity index is 2.11. The van der Waals surface area contributed by atoms with Crippen molar-refractivity contribution in [1.29, 1.82) is 0 Å². The molecule has 0 aliphatic heterocycles. The van der Waals surface area contributed by atoms with Crippen molar-refractivity contribution < 1.29 is 0 Å². The Labute approximate surface area is 112 Å². The van der Waals surface area contributed by atoms with Crippen LogP contribution in [0.1, 0.15) is 22.7 Å². The molecule has 0 saturated heterocycles. The molecule has 0 amide bonds. The Morgan fingerprint density at radius 2 is 1.74 bits per heavy atom. The van der Waals surface area contributed by atoms with Crippen LogP contribution >= 0.6 is 0 Å². The lowest BCUT2D eigenvalue weighted by atomic mass is 9.95. The van der Waals surface area contributed by atoms with Crippen LogP contribution < -0.4 is 5.73 Å². The smallest absolute Gasteiger partial charge is 0.0705 e. The molecule has 0 fully saturated rings. The Kier molecular flexibility index (Phi) is 3.02. The highest BCUT2D eigenvalue weighted by Gasteiger charge is 2.11. The van der Waals surface area contributed by atoms with E-state index in [4.69, 9.17) is 5.73 Å². The molecule has 1 aromatic heterocycles. The standard InChI is InChI=1S/C17H16N2/c1-12-7-9-13(10-8-12)17(18)15-4-2-6-16-14(15)5-3-11-19-16/h2-11,17H,18H2,1H3. The quantitative estimate of drug-likeness (QED) is 0.752. The highest BCUT2D eigenvalue weighted by Crippen LogP contribution is 2.26. The largest absolute Gasteiger partial charge is 0.320 e. The third kappa shape index (κ3) is 2.23. The number of hydrogen-bond donors (Lipinski definition) is 1. The van der Waals surface area contributed by atoms with Gasteiger partial charge in [0.1, 0.15) is 0 Å². The second-order valence-electron chi connectivity index (χ2n) is 4.81. The lowest BCUT2D eigenvalue weighted by Crippen LogP contribution is -2.12. The van der Waals surface area contributed by atoms with Gasteiger partial charge in [-0.25, -0.2) is 0 Å². The number of nitrogens with zero attached hydrogens (tertiary/aromatic N) is 1. The summed E-state index contributed by atoms with van der Waals surface area (Å²) in [5, 5.41) is 1.12. The summed E-state index contributed by atoms with van der Waals surface area (Å²) in [6, 6.07) is 18.4. The zero-order chi connectivity index (χ0) is 13.2. The maximum absolute atomic E-state index is 6.40. The number of nitrogens with two attached hydrogens (primary N) is 1. The second kappa shape index (κ2) is 4.82. The Morgan fingerprint density at radius 3 is 2.53 bits per heavy atom. The van der Waals surface area contributed by atoms with Crippen LogP contribution in [0.4, 0.5) is 0 Å². The molecule has 3 aromatic rings. The summed E-state index contributed by atoms with van der Waals surface area (Å²) >= 11 is 0. The summed E-state index contributed by atoms with van der Waals surface area (Å²) in [6.07, 6.45) is 1.81. The van der Waals surface area contributed by atoms with E-state index >= 15 is 0 Å². The summed E-state index contributed by atoms with van der Waals surface area (Å²) in [6.45, 7) is 2.08. The molecule has 1 heterocycles. The first-order chi connectivity index (χ1) is 9.25. The van der Waals surface area contributed by atoms with Gasteiger partial charge in [0.25, 0.3) is 0 Å². The zero-order valence-electron chi connectivity index (χ0n) is 10.9. The van der Waals surface area contributed by atoms with Gasteiger partial charge in [-0.3, -0.25) is 4.98 Å². The van der Waals surface area contributed by atoms with Crippen molar-refractivity contribution in [2.75, 3.05) is 0 Å². The van der Waals surface area contributed by atoms with Crippen molar-refractivity contribution in [3.8, 4) is 0 Å². The van der Waals surface area contributed by atoms with E-state index < -0.39 is 0 Å². The van der Waals surface area contributed by atoms with E-state index in [0.29, 0.717) is 0 Å². The molecular weight excluding hydrogens is 232 g/mol. The number of fused-ring (bicyclic) bond motifs is 1. The molecule has 2 N–H and O–H groups in total. The monoisotopic (exact) mass is 248 g/mol. The van der Waals surface area contributed by atoms with Crippen molar-refractivity contribution in [1.82, 2.24) is 4.98 Å². The summed E-state index contributed by atoms with van der Waals surface area (Å²) in [4.78, 5) is 4.38. The van der Waals surface area contributed by atoms with Crippen LogP contribution in [0.5, 0.6) is 0 Å². The molecule has 0 radical (unpaired) electrons. The molecule has 0 bridgehead atoms. The van der Waals surface area contributed by atoms with E-state index in [1.54, 1.807) is 0 Å². The van der Waals surface area contributed by atoms with Gasteiger partial charge in [-0.1, -0.05) is 48.0 Å². The van der Waals surface area contributed by atoms with Crippen LogP contribution in [-0.2, 0) is 0 Å². The van der Waals surface area contributed by atoms with Gasteiger partial charge in [-0.05, 0) is 30.2 Å². The van der Waals surface area contributed by atoms with Crippen LogP contribution in [0.3, 0.4) is 0 Å². The molecule has 2 heteroatoms. The first kappa shape index (κ1) is 11.9. The molecule has 3 rings (SSSR count). The molecule has 94 valence electrons. The van der Waals surface area contributed by atoms with E-state index in [-0.39, 0.29) is 6.04 Å². The molecule has 0 aliphatic carbocycles. The summed E-state index contributed by atoms with van der Waals surface area (Å²) in [5.74, 6) is 0. The van der Waals surface area contributed by atoms with Crippen LogP contribution in [0, 0.1) is 6.92 Å². The average Bonchev–Trinajstić information content (AvgIpc) is 2.47. The van der Waals surface area contributed by atoms with E-state index in [9.17, 15) is 0 Å². The van der Waals surface area contributed by atoms with Gasteiger partial charge in [-0.15, -0.1) is 0 Å². The van der Waals surface area contributed by atoms with E-state index in [1.165, 1.54) is 5.56 Å². The van der Waals surface area contributed by atoms with Gasteiger partial charge in [-0.2, -0.15) is 0 Å². The molecule has 1 atom stereocenters. The van der Waals surface area contributed by atoms with E-state index in [2.05, 4.69) is 48.3 Å². The SMILES string of the molecule is Cc1ccc(C(N)c2cccc3ncccc23)cc1. The Hall–Kier alpha value is -2.19. The van der Waals surface area contributed by atoms with Crippen molar-refractivity contribution in [2.45, 2.75) is 13.0 Å². The normalized spacial score (nSPS) is 12.5. The van der Waals surface area contributed by atoms with Crippen LogP contribution in [0.25, 0.3) is 10.9 Å². The van der Waals surface area contributed by atoms with Crippen molar-refractivity contribution in [2.24, 2.45) is 5.73 Å². The maximum Gasteiger partial charge on any atom is 0.0705 e. The average molecular weight is 248 g/mol. The van der Waals surface area contributed by atoms with Crippen molar-refractivity contribution >= 4 is 10.9 Å². The number of pyridine rings is 1. The fourth-order valence-electron chi connectivity index (χ4n) is 2.35. The Morgan fingerprint density at radius 1 is 0.947 bits per heavy atom. The lowest BCUT2D eigenvalue weighted by Gasteiger charge is -2.15. The van der Waals surface area contributed by atoms with Gasteiger partial charge in [0.15, 0.2) is 0 Å². The highest BCUT2D eigenvalue weighted by molar-refractivity contribution is 5.82. The van der Waals surface area contributed by atoms with Crippen LogP contribution in [0.2, 0.25) is 0 Å². The van der Waals surface area contributed by atoms with Gasteiger partial charge < -0.3 is 5.73 Å². The summed E-state index contributed by atoms with van der Waals surface area (Å²) in [7, 11) is 0. The van der Waals surface area contributed by atoms with Crippen molar-refractivity contribution in [3.63, 3.8) is 0 Å². The maximum atomic E-state index is 6.40. The van der Waals surface area contributed by atoms with Gasteiger partial charge in [0.2, 0.25) is 0 Å². The number of rotatable bonds is 2. The van der Waals surface area contributed by atoms with E-state index in [0.717, 1.165) is 22.0 Å². The second-order valence-corrected chi connectivity index (χ2v) is 4.81. The summed E-state index contributed by atoms with van der Waals surface area (Å²) < 4.78 is 0. The fourth-order valence-corrected chi connectivity index (χ4v) is 2.35. The minimum absolute atomic E-state index is 0.117. The molecule has 1 unspecified atom stereocenters. The molecule has 2 nitrogen and oxygen atoms in total. The Bertz CT molecular complexity index is 697. The first-order valence-corrected chi connectivity index (χ1v) is 6.41. The lowest BCUT2D eigenvalue weighted by molar-refractivity contribution is 0.879. The third-order valence-corrected chi connectivity index (χ3v) is 3.45. The molecule has 0 aliphatic rings. The number of aromatic nitrogens is 1. The fraction of sp³-hybridized carbons (Fsp3) is 0.118. The highest BCUT2D eigenvalue weighted by atomic mass is 14.7. The van der Waals surface area contributed by atoms with Gasteiger partial charge in [0.05, 0.1) is 11.6 Å². The molecule has 0 spiro atoms. The number of benzene rings is 2. The third-order valence-electron chi connectivity index (χ3n) is 3.45. The predicted molar refractivity (Wildman–Crippen MR) is 79.0 cm³/mol. The topological polar surface area (TPSA) is 38.9 Å². The van der Waals surface area contributed by atoms with Crippen LogP contribution in [0.15, 0.2) is 60.8 Å². The predicted octanol–water partition coefficient (Wildman–Crippen LogP) is 3.59. The molecule has 2 aromatic carbocycles. The number of hydrogen-bond acceptors (Lipinski definition) is 2. The van der Waals surface area contributed by atoms with Gasteiger partial charge >= 0.3 is 0 Å². The minimum Gasteiger partial charge on any atom is -0.320 e. The van der Waals surface area contributed by atoms with E-state index in [1.807, 2.05) is 24.4 Å². The van der Waals surface area contributed by atoms with Crippen LogP contribution in [-0.4, -0.2) is 4.98 Å². The molecular formula is C17H16N2. The summed E-state index contributed by atoms with van der Waals surface area (Å²) in [5.41, 5.74) is 10.9. The zero-order valence-corrected chi connectivity index (χ0v) is 10.9. The first-order valence-electron chi connectivity index (χ1n) is 6.41. The molecule has 19 heavy (non-hydrogen) atoms. The molecule has 0 saturated carbocycles. The number of aryl methyl sites for hydroxylation is 1. The van der Waals surface area contributed by atoms with Gasteiger partial charge in [0, 0.05) is 11.6 Å². The minimum atomic E-state index is -0.117. The van der Waals surface area contributed by atoms with Crippen molar-refractivity contribution in [3.05, 3.63) is 77.5 Å².